The van der Waals surface area contributed by atoms with Gasteiger partial charge in [0, 0.05) is 6.42 Å². The first-order chi connectivity index (χ1) is 16.3. The summed E-state index contributed by atoms with van der Waals surface area (Å²) < 4.78 is 5.12. The Morgan fingerprint density at radius 1 is 0.515 bits per heavy atom. The van der Waals surface area contributed by atoms with Gasteiger partial charge in [-0.2, -0.15) is 0 Å². The van der Waals surface area contributed by atoms with Crippen molar-refractivity contribution >= 4 is 0 Å². The van der Waals surface area contributed by atoms with Gasteiger partial charge in [0.15, 0.2) is 0 Å². The molecule has 1 aromatic rings. The average Bonchev–Trinajstić information content (AvgIpc) is 3.21. The molecule has 0 radical (unpaired) electrons. The average molecular weight is 462 g/mol. The summed E-state index contributed by atoms with van der Waals surface area (Å²) in [5.74, 6) is 1.58. The molecule has 0 aliphatic carbocycles. The maximum absolute atomic E-state index is 2.57. The van der Waals surface area contributed by atoms with Crippen molar-refractivity contribution in [2.75, 3.05) is 0 Å². The summed E-state index contributed by atoms with van der Waals surface area (Å²) in [5, 5.41) is 0. The predicted molar refractivity (Wildman–Crippen MR) is 147 cm³/mol. The molecule has 0 saturated heterocycles. The molecule has 0 aliphatic heterocycles. The lowest BCUT2D eigenvalue weighted by Crippen LogP contribution is -2.37. The molecule has 0 fully saturated rings. The Kier molecular flexibility index (Phi) is 21.1. The van der Waals surface area contributed by atoms with Crippen LogP contribution in [0, 0.1) is 0 Å². The third kappa shape index (κ3) is 16.5. The maximum Gasteiger partial charge on any atom is 0.256 e. The van der Waals surface area contributed by atoms with E-state index in [1.165, 1.54) is 161 Å². The van der Waals surface area contributed by atoms with E-state index in [1.807, 2.05) is 0 Å². The minimum Gasteiger partial charge on any atom is -0.234 e. The largest absolute Gasteiger partial charge is 0.256 e. The summed E-state index contributed by atoms with van der Waals surface area (Å²) in [7, 11) is 0. The van der Waals surface area contributed by atoms with E-state index in [9.17, 15) is 0 Å². The first-order valence-corrected chi connectivity index (χ1v) is 15.4. The summed E-state index contributed by atoms with van der Waals surface area (Å²) in [4.78, 5) is 0. The van der Waals surface area contributed by atoms with Crippen molar-refractivity contribution in [2.24, 2.45) is 0 Å². The van der Waals surface area contributed by atoms with Gasteiger partial charge in [-0.05, 0) is 25.7 Å². The van der Waals surface area contributed by atoms with Crippen molar-refractivity contribution in [3.8, 4) is 0 Å². The van der Waals surface area contributed by atoms with Gasteiger partial charge in [-0.25, -0.2) is 9.13 Å². The summed E-state index contributed by atoms with van der Waals surface area (Å²) in [6.45, 7) is 9.33. The molecule has 0 atom stereocenters. The van der Waals surface area contributed by atoms with E-state index < -0.39 is 0 Å². The van der Waals surface area contributed by atoms with Gasteiger partial charge in [0.2, 0.25) is 0 Å². The quantitative estimate of drug-likeness (QED) is 0.101. The van der Waals surface area contributed by atoms with E-state index in [0.717, 1.165) is 0 Å². The standard InChI is InChI=1S/C31H61N2/c1-4-7-10-12-13-14-15-16-17-18-19-20-21-22-23-25-28-33-30-29-32(27-9-6-3)31(33)26-24-11-8-5-2/h29-30H,4-28H2,1-3H3/q+1. The van der Waals surface area contributed by atoms with Crippen LogP contribution in [0.2, 0.25) is 0 Å². The number of aromatic nitrogens is 2. The van der Waals surface area contributed by atoms with Crippen LogP contribution >= 0.6 is 0 Å². The van der Waals surface area contributed by atoms with Crippen LogP contribution in [0.1, 0.15) is 168 Å². The zero-order valence-electron chi connectivity index (χ0n) is 23.2. The molecule has 0 saturated carbocycles. The highest BCUT2D eigenvalue weighted by molar-refractivity contribution is 4.84. The molecule has 33 heavy (non-hydrogen) atoms. The van der Waals surface area contributed by atoms with Crippen LogP contribution in [-0.2, 0) is 19.5 Å². The number of unbranched alkanes of at least 4 members (excludes halogenated alkanes) is 19. The van der Waals surface area contributed by atoms with Gasteiger partial charge in [0.1, 0.15) is 12.4 Å². The topological polar surface area (TPSA) is 8.81 Å². The predicted octanol–water partition coefficient (Wildman–Crippen LogP) is 9.96. The Bertz CT molecular complexity index is 519. The van der Waals surface area contributed by atoms with Crippen molar-refractivity contribution < 1.29 is 4.57 Å². The lowest BCUT2D eigenvalue weighted by molar-refractivity contribution is -0.704. The SMILES string of the molecule is CCCCCCCCCCCCCCCCCC[n+]1ccn(CCCC)c1CCCCCC. The summed E-state index contributed by atoms with van der Waals surface area (Å²) in [6.07, 6.45) is 37.1. The zero-order valence-corrected chi connectivity index (χ0v) is 23.2. The van der Waals surface area contributed by atoms with Crippen molar-refractivity contribution in [3.05, 3.63) is 18.2 Å². The Morgan fingerprint density at radius 3 is 1.42 bits per heavy atom. The van der Waals surface area contributed by atoms with Crippen molar-refractivity contribution in [1.29, 1.82) is 0 Å². The van der Waals surface area contributed by atoms with Gasteiger partial charge in [-0.15, -0.1) is 0 Å². The maximum atomic E-state index is 2.57. The Labute approximate surface area is 208 Å². The third-order valence-electron chi connectivity index (χ3n) is 7.35. The molecule has 0 amide bonds. The second kappa shape index (κ2) is 23.0. The highest BCUT2D eigenvalue weighted by Crippen LogP contribution is 2.14. The highest BCUT2D eigenvalue weighted by atomic mass is 15.1. The fourth-order valence-corrected chi connectivity index (χ4v) is 5.06. The Balaban J connectivity index is 2.04. The lowest BCUT2D eigenvalue weighted by atomic mass is 10.0. The smallest absolute Gasteiger partial charge is 0.234 e. The van der Waals surface area contributed by atoms with Crippen LogP contribution in [0.5, 0.6) is 0 Å². The molecule has 1 aromatic heterocycles. The van der Waals surface area contributed by atoms with E-state index in [1.54, 1.807) is 5.82 Å². The molecule has 1 rings (SSSR count). The van der Waals surface area contributed by atoms with E-state index in [0.29, 0.717) is 0 Å². The van der Waals surface area contributed by atoms with Crippen LogP contribution < -0.4 is 4.57 Å². The van der Waals surface area contributed by atoms with Gasteiger partial charge in [0.25, 0.3) is 5.82 Å². The third-order valence-corrected chi connectivity index (χ3v) is 7.35. The molecule has 0 unspecified atom stereocenters. The van der Waals surface area contributed by atoms with Crippen molar-refractivity contribution in [2.45, 2.75) is 182 Å². The molecular weight excluding hydrogens is 400 g/mol. The first-order valence-electron chi connectivity index (χ1n) is 15.4. The van der Waals surface area contributed by atoms with E-state index in [2.05, 4.69) is 42.3 Å². The van der Waals surface area contributed by atoms with Gasteiger partial charge in [-0.3, -0.25) is 0 Å². The van der Waals surface area contributed by atoms with Crippen molar-refractivity contribution in [1.82, 2.24) is 4.57 Å². The Morgan fingerprint density at radius 2 is 0.939 bits per heavy atom. The molecule has 0 aliphatic rings. The fourth-order valence-electron chi connectivity index (χ4n) is 5.06. The number of hydrogen-bond acceptors (Lipinski definition) is 0. The fraction of sp³-hybridized carbons (Fsp3) is 0.903. The monoisotopic (exact) mass is 461 g/mol. The zero-order chi connectivity index (χ0) is 23.8. The van der Waals surface area contributed by atoms with Crippen LogP contribution in [0.15, 0.2) is 12.4 Å². The normalized spacial score (nSPS) is 11.5. The molecule has 194 valence electrons. The number of rotatable bonds is 25. The molecule has 2 nitrogen and oxygen atoms in total. The molecule has 0 bridgehead atoms. The molecule has 2 heteroatoms. The summed E-state index contributed by atoms with van der Waals surface area (Å²) in [6, 6.07) is 0. The van der Waals surface area contributed by atoms with E-state index >= 15 is 0 Å². The molecule has 0 spiro atoms. The number of nitrogens with zero attached hydrogens (tertiary/aromatic N) is 2. The number of hydrogen-bond donors (Lipinski definition) is 0. The highest BCUT2D eigenvalue weighted by Gasteiger charge is 2.16. The second-order valence-electron chi connectivity index (χ2n) is 10.6. The molecule has 1 heterocycles. The second-order valence-corrected chi connectivity index (χ2v) is 10.6. The minimum atomic E-state index is 1.20. The lowest BCUT2D eigenvalue weighted by Gasteiger charge is -2.06. The van der Waals surface area contributed by atoms with Crippen LogP contribution in [0.25, 0.3) is 0 Å². The molecular formula is C31H61N2+. The number of imidazole rings is 1. The van der Waals surface area contributed by atoms with Crippen LogP contribution in [0.4, 0.5) is 0 Å². The summed E-state index contributed by atoms with van der Waals surface area (Å²) in [5.41, 5.74) is 0. The Hall–Kier alpha value is -0.790. The van der Waals surface area contributed by atoms with Crippen LogP contribution in [0.3, 0.4) is 0 Å². The molecule has 0 N–H and O–H groups in total. The van der Waals surface area contributed by atoms with Gasteiger partial charge >= 0.3 is 0 Å². The van der Waals surface area contributed by atoms with Gasteiger partial charge in [-0.1, -0.05) is 136 Å². The van der Waals surface area contributed by atoms with Gasteiger partial charge in [0.05, 0.1) is 13.1 Å². The first kappa shape index (κ1) is 30.2. The van der Waals surface area contributed by atoms with E-state index in [-0.39, 0.29) is 0 Å². The van der Waals surface area contributed by atoms with Gasteiger partial charge < -0.3 is 0 Å². The van der Waals surface area contributed by atoms with Crippen molar-refractivity contribution in [3.63, 3.8) is 0 Å². The number of aryl methyl sites for hydroxylation is 2. The van der Waals surface area contributed by atoms with Crippen LogP contribution in [-0.4, -0.2) is 4.57 Å². The van der Waals surface area contributed by atoms with E-state index in [4.69, 9.17) is 0 Å². The molecule has 0 aromatic carbocycles. The summed E-state index contributed by atoms with van der Waals surface area (Å²) >= 11 is 0. The minimum absolute atomic E-state index is 1.20.